The van der Waals surface area contributed by atoms with Crippen molar-refractivity contribution in [2.24, 2.45) is 0 Å². The van der Waals surface area contributed by atoms with Gasteiger partial charge in [0.25, 0.3) is 21.5 Å². The molecule has 2 N–H and O–H groups in total. The lowest BCUT2D eigenvalue weighted by molar-refractivity contribution is -0.274. The second-order valence-corrected chi connectivity index (χ2v) is 11.2. The molecule has 1 amide bonds. The number of aromatic nitrogens is 2. The molecule has 0 saturated heterocycles. The summed E-state index contributed by atoms with van der Waals surface area (Å²) in [5.41, 5.74) is -1.17. The number of nitrogens with zero attached hydrogens (tertiary/aromatic N) is 1. The van der Waals surface area contributed by atoms with E-state index in [0.717, 1.165) is 42.5 Å². The number of aromatic amines is 1. The number of nitrogens with one attached hydrogen (secondary N) is 2. The number of hydrogen-bond acceptors (Lipinski definition) is 5. The molecule has 43 heavy (non-hydrogen) atoms. The van der Waals surface area contributed by atoms with Crippen molar-refractivity contribution in [2.75, 3.05) is 0 Å². The van der Waals surface area contributed by atoms with Crippen molar-refractivity contribution in [1.82, 2.24) is 14.3 Å². The molecule has 0 aliphatic heterocycles. The summed E-state index contributed by atoms with van der Waals surface area (Å²) >= 11 is 6.22. The number of fused-ring (bicyclic) bond motifs is 1. The first-order valence-corrected chi connectivity index (χ1v) is 14.0. The van der Waals surface area contributed by atoms with Crippen LogP contribution in [-0.4, -0.2) is 30.2 Å². The standard InChI is InChI=1S/C28H17ClF5N3O5S/c29-16-3-10-23-21(13-16)24(20-2-1-11-35-26(20)38)25(37(23)14-15-12-17(30)4-9-22(15)31)27(39)36-43(40,41)19-7-5-18(6-8-19)42-28(32,33)34/h1-13H,14H2,(H,35,38)(H,36,39). The van der Waals surface area contributed by atoms with Gasteiger partial charge in [-0.2, -0.15) is 0 Å². The van der Waals surface area contributed by atoms with E-state index in [1.165, 1.54) is 41.1 Å². The average Bonchev–Trinajstić information content (AvgIpc) is 3.23. The van der Waals surface area contributed by atoms with Gasteiger partial charge in [0.1, 0.15) is 23.1 Å². The smallest absolute Gasteiger partial charge is 0.406 e. The fraction of sp³-hybridized carbons (Fsp3) is 0.0714. The van der Waals surface area contributed by atoms with Crippen LogP contribution in [0.5, 0.6) is 5.75 Å². The Balaban J connectivity index is 1.68. The summed E-state index contributed by atoms with van der Waals surface area (Å²) in [6.45, 7) is -0.473. The number of hydrogen-bond donors (Lipinski definition) is 2. The first-order chi connectivity index (χ1) is 20.2. The molecule has 5 rings (SSSR count). The molecule has 0 saturated carbocycles. The van der Waals surface area contributed by atoms with E-state index in [1.54, 1.807) is 0 Å². The Morgan fingerprint density at radius 3 is 2.40 bits per heavy atom. The summed E-state index contributed by atoms with van der Waals surface area (Å²) in [6.07, 6.45) is -3.69. The third-order valence-corrected chi connectivity index (χ3v) is 7.84. The predicted molar refractivity (Wildman–Crippen MR) is 146 cm³/mol. The summed E-state index contributed by atoms with van der Waals surface area (Å²) in [5.74, 6) is -3.57. The number of benzene rings is 3. The number of alkyl halides is 3. The second kappa shape index (κ2) is 11.2. The van der Waals surface area contributed by atoms with Crippen LogP contribution >= 0.6 is 11.6 Å². The molecule has 5 aromatic rings. The lowest BCUT2D eigenvalue weighted by Crippen LogP contribution is -2.33. The van der Waals surface area contributed by atoms with E-state index in [1.807, 2.05) is 4.72 Å². The van der Waals surface area contributed by atoms with Crippen LogP contribution in [0, 0.1) is 11.6 Å². The number of rotatable bonds is 7. The van der Waals surface area contributed by atoms with Crippen molar-refractivity contribution in [1.29, 1.82) is 0 Å². The number of pyridine rings is 1. The van der Waals surface area contributed by atoms with E-state index in [4.69, 9.17) is 11.6 Å². The van der Waals surface area contributed by atoms with E-state index >= 15 is 0 Å². The minimum atomic E-state index is -5.02. The molecule has 3 aromatic carbocycles. The van der Waals surface area contributed by atoms with Gasteiger partial charge in [0.05, 0.1) is 11.4 Å². The quantitative estimate of drug-likeness (QED) is 0.213. The maximum Gasteiger partial charge on any atom is 0.573 e. The number of sulfonamides is 1. The molecule has 0 aliphatic rings. The summed E-state index contributed by atoms with van der Waals surface area (Å²) < 4.78 is 99.5. The van der Waals surface area contributed by atoms with Gasteiger partial charge >= 0.3 is 6.36 Å². The van der Waals surface area contributed by atoms with Gasteiger partial charge in [0, 0.05) is 38.8 Å². The highest BCUT2D eigenvalue weighted by Crippen LogP contribution is 2.36. The maximum atomic E-state index is 14.7. The van der Waals surface area contributed by atoms with E-state index in [9.17, 15) is 40.0 Å². The van der Waals surface area contributed by atoms with Gasteiger partial charge in [-0.3, -0.25) is 9.59 Å². The average molecular weight is 638 g/mol. The summed E-state index contributed by atoms with van der Waals surface area (Å²) in [7, 11) is -4.72. The highest BCUT2D eigenvalue weighted by Gasteiger charge is 2.32. The monoisotopic (exact) mass is 637 g/mol. The van der Waals surface area contributed by atoms with Gasteiger partial charge in [-0.25, -0.2) is 21.9 Å². The Bertz CT molecular complexity index is 2040. The zero-order chi connectivity index (χ0) is 31.1. The van der Waals surface area contributed by atoms with E-state index in [-0.39, 0.29) is 32.6 Å². The van der Waals surface area contributed by atoms with Crippen LogP contribution < -0.4 is 15.0 Å². The van der Waals surface area contributed by atoms with Crippen LogP contribution in [0.25, 0.3) is 22.0 Å². The Kier molecular flexibility index (Phi) is 7.75. The second-order valence-electron chi connectivity index (χ2n) is 9.07. The predicted octanol–water partition coefficient (Wildman–Crippen LogP) is 5.99. The molecule has 0 bridgehead atoms. The van der Waals surface area contributed by atoms with Gasteiger partial charge in [-0.15, -0.1) is 13.2 Å². The number of carbonyl (C=O) groups is 1. The molecule has 0 fully saturated rings. The summed E-state index contributed by atoms with van der Waals surface area (Å²) in [4.78, 5) is 28.6. The Hall–Kier alpha value is -4.69. The fourth-order valence-corrected chi connectivity index (χ4v) is 5.63. The summed E-state index contributed by atoms with van der Waals surface area (Å²) in [6, 6.07) is 12.9. The fourth-order valence-electron chi connectivity index (χ4n) is 4.50. The zero-order valence-corrected chi connectivity index (χ0v) is 22.9. The number of amides is 1. The molecule has 8 nitrogen and oxygen atoms in total. The van der Waals surface area contributed by atoms with Crippen molar-refractivity contribution in [3.63, 3.8) is 0 Å². The molecule has 2 aromatic heterocycles. The molecule has 15 heteroatoms. The van der Waals surface area contributed by atoms with Crippen molar-refractivity contribution in [3.8, 4) is 16.9 Å². The van der Waals surface area contributed by atoms with E-state index in [2.05, 4.69) is 9.72 Å². The molecule has 0 aliphatic carbocycles. The molecule has 0 atom stereocenters. The number of carbonyl (C=O) groups excluding carboxylic acids is 1. The molecule has 222 valence electrons. The lowest BCUT2D eigenvalue weighted by atomic mass is 10.0. The SMILES string of the molecule is O=C(NS(=O)(=O)c1ccc(OC(F)(F)F)cc1)c1c(-c2ccc[nH]c2=O)c2cc(Cl)ccc2n1Cc1cc(F)ccc1F. The van der Waals surface area contributed by atoms with Crippen LogP contribution in [-0.2, 0) is 16.6 Å². The molecular formula is C28H17ClF5N3O5S. The van der Waals surface area contributed by atoms with Crippen LogP contribution in [0.15, 0.2) is 88.7 Å². The van der Waals surface area contributed by atoms with Crippen LogP contribution in [0.3, 0.4) is 0 Å². The highest BCUT2D eigenvalue weighted by molar-refractivity contribution is 7.90. The molecule has 0 unspecified atom stereocenters. The van der Waals surface area contributed by atoms with Crippen molar-refractivity contribution in [3.05, 3.63) is 117 Å². The molecule has 2 heterocycles. The Morgan fingerprint density at radius 1 is 1.00 bits per heavy atom. The highest BCUT2D eigenvalue weighted by atomic mass is 35.5. The first kappa shape index (κ1) is 29.8. The van der Waals surface area contributed by atoms with Crippen LogP contribution in [0.4, 0.5) is 22.0 Å². The minimum Gasteiger partial charge on any atom is -0.406 e. The Morgan fingerprint density at radius 2 is 1.72 bits per heavy atom. The molecule has 0 spiro atoms. The van der Waals surface area contributed by atoms with Crippen molar-refractivity contribution in [2.45, 2.75) is 17.8 Å². The van der Waals surface area contributed by atoms with Crippen LogP contribution in [0.1, 0.15) is 16.1 Å². The number of H-pyrrole nitrogens is 1. The number of halogens is 6. The van der Waals surface area contributed by atoms with Gasteiger partial charge in [0.2, 0.25) is 0 Å². The Labute approximate surface area is 244 Å². The normalized spacial score (nSPS) is 12.0. The zero-order valence-electron chi connectivity index (χ0n) is 21.4. The maximum absolute atomic E-state index is 14.7. The van der Waals surface area contributed by atoms with E-state index < -0.39 is 62.4 Å². The van der Waals surface area contributed by atoms with Crippen molar-refractivity contribution < 1.29 is 39.9 Å². The summed E-state index contributed by atoms with van der Waals surface area (Å²) in [5, 5.41) is 0.410. The first-order valence-electron chi connectivity index (χ1n) is 12.1. The van der Waals surface area contributed by atoms with Gasteiger partial charge < -0.3 is 14.3 Å². The third kappa shape index (κ3) is 6.24. The molecular weight excluding hydrogens is 621 g/mol. The van der Waals surface area contributed by atoms with Gasteiger partial charge in [0.15, 0.2) is 0 Å². The largest absolute Gasteiger partial charge is 0.573 e. The van der Waals surface area contributed by atoms with Crippen molar-refractivity contribution >= 4 is 38.4 Å². The van der Waals surface area contributed by atoms with Crippen LogP contribution in [0.2, 0.25) is 5.02 Å². The lowest BCUT2D eigenvalue weighted by Gasteiger charge is -2.14. The molecule has 0 radical (unpaired) electrons. The topological polar surface area (TPSA) is 110 Å². The minimum absolute atomic E-state index is 0.0576. The third-order valence-electron chi connectivity index (χ3n) is 6.26. The van der Waals surface area contributed by atoms with E-state index in [0.29, 0.717) is 0 Å². The van der Waals surface area contributed by atoms with Gasteiger partial charge in [-0.05, 0) is 72.8 Å². The number of ether oxygens (including phenoxy) is 1. The van der Waals surface area contributed by atoms with Gasteiger partial charge in [-0.1, -0.05) is 11.6 Å².